The molecule has 0 aliphatic carbocycles. The van der Waals surface area contributed by atoms with Gasteiger partial charge in [0, 0.05) is 41.4 Å². The molecule has 1 rings (SSSR count). The summed E-state index contributed by atoms with van der Waals surface area (Å²) in [6, 6.07) is 0. The van der Waals surface area contributed by atoms with E-state index in [0.717, 1.165) is 12.2 Å². The molecule has 0 unspecified atom stereocenters. The molecule has 0 radical (unpaired) electrons. The Morgan fingerprint density at radius 2 is 1.70 bits per heavy atom. The van der Waals surface area contributed by atoms with E-state index in [4.69, 9.17) is 21.4 Å². The van der Waals surface area contributed by atoms with Gasteiger partial charge in [-0.3, -0.25) is 4.79 Å². The van der Waals surface area contributed by atoms with E-state index in [-0.39, 0.29) is 24.5 Å². The highest BCUT2D eigenvalue weighted by molar-refractivity contribution is 6.61. The Kier molecular flexibility index (Phi) is 16.2. The quantitative estimate of drug-likeness (QED) is 0.380. The summed E-state index contributed by atoms with van der Waals surface area (Å²) >= 11 is 4.72. The van der Waals surface area contributed by atoms with Gasteiger partial charge in [0.15, 0.2) is 0 Å². The Morgan fingerprint density at radius 1 is 1.17 bits per heavy atom. The third-order valence-corrected chi connectivity index (χ3v) is 2.26. The first-order valence-corrected chi connectivity index (χ1v) is 8.98. The first-order valence-electron chi connectivity index (χ1n) is 8.61. The average molecular weight is 449 g/mol. The number of esters is 1. The van der Waals surface area contributed by atoms with Crippen molar-refractivity contribution >= 4 is 40.8 Å². The minimum absolute atomic E-state index is 0. The molecular formula is C20H33ClN2O7. The number of nitrogens with one attached hydrogen (secondary N) is 1. The molecule has 0 bridgehead atoms. The van der Waals surface area contributed by atoms with Crippen molar-refractivity contribution < 1.29 is 33.8 Å². The van der Waals surface area contributed by atoms with Crippen molar-refractivity contribution in [3.05, 3.63) is 24.3 Å². The molecule has 0 atom stereocenters. The number of aliphatic imine (C=N–C) groups is 1. The molecule has 1 aliphatic rings. The van der Waals surface area contributed by atoms with Crippen molar-refractivity contribution in [2.75, 3.05) is 6.61 Å². The number of hydrogen-bond acceptors (Lipinski definition) is 7. The van der Waals surface area contributed by atoms with Crippen LogP contribution in [-0.2, 0) is 23.9 Å². The molecule has 0 spiro atoms. The summed E-state index contributed by atoms with van der Waals surface area (Å²) in [5.41, 5.74) is -1.26. The molecule has 172 valence electrons. The lowest BCUT2D eigenvalue weighted by molar-refractivity contribution is -0.132. The normalized spacial score (nSPS) is 13.9. The van der Waals surface area contributed by atoms with Crippen LogP contribution in [0.1, 0.15) is 55.9 Å². The summed E-state index contributed by atoms with van der Waals surface area (Å²) in [4.78, 5) is 45.2. The fourth-order valence-corrected chi connectivity index (χ4v) is 1.48. The number of hydrogen-bond donors (Lipinski definition) is 2. The Balaban J connectivity index is -0.000000378. The second-order valence-electron chi connectivity index (χ2n) is 7.46. The minimum atomic E-state index is -1.13. The highest BCUT2D eigenvalue weighted by atomic mass is 35.5. The summed E-state index contributed by atoms with van der Waals surface area (Å²) in [6.45, 7) is 13.3. The van der Waals surface area contributed by atoms with Crippen LogP contribution >= 0.6 is 11.6 Å². The average Bonchev–Trinajstić information content (AvgIpc) is 2.87. The monoisotopic (exact) mass is 448 g/mol. The number of nitrogens with zero attached hydrogens (tertiary/aromatic N) is 1. The van der Waals surface area contributed by atoms with Crippen molar-refractivity contribution in [1.29, 1.82) is 0 Å². The molecular weight excluding hydrogens is 416 g/mol. The van der Waals surface area contributed by atoms with E-state index < -0.39 is 17.3 Å². The molecule has 0 fully saturated rings. The van der Waals surface area contributed by atoms with Gasteiger partial charge >= 0.3 is 17.4 Å². The number of aliphatic carboxylic acids is 1. The number of carboxylic acids is 1. The molecule has 0 saturated heterocycles. The van der Waals surface area contributed by atoms with Crippen LogP contribution in [0.5, 0.6) is 0 Å². The highest BCUT2D eigenvalue weighted by Crippen LogP contribution is 2.10. The predicted molar refractivity (Wildman–Crippen MR) is 117 cm³/mol. The second kappa shape index (κ2) is 15.2. The number of cyclic esters (lactones) is 1. The van der Waals surface area contributed by atoms with Crippen LogP contribution in [0.25, 0.3) is 0 Å². The number of rotatable bonds is 3. The van der Waals surface area contributed by atoms with Gasteiger partial charge in [0.25, 0.3) is 0 Å². The summed E-state index contributed by atoms with van der Waals surface area (Å²) in [7, 11) is 0. The number of ether oxygens (including phenoxy) is 2. The van der Waals surface area contributed by atoms with Crippen molar-refractivity contribution in [2.45, 2.75) is 67.0 Å². The molecule has 9 nitrogen and oxygen atoms in total. The van der Waals surface area contributed by atoms with E-state index in [1.807, 2.05) is 41.5 Å². The van der Waals surface area contributed by atoms with Gasteiger partial charge in [-0.2, -0.15) is 0 Å². The molecule has 10 heteroatoms. The van der Waals surface area contributed by atoms with E-state index in [9.17, 15) is 19.2 Å². The third kappa shape index (κ3) is 25.3. The van der Waals surface area contributed by atoms with Crippen molar-refractivity contribution in [2.24, 2.45) is 4.99 Å². The maximum absolute atomic E-state index is 10.9. The standard InChI is InChI=1S/C8H13NO3.C8H11NO2.C3H5ClO2.CH4/c1-8(2,3)9-6(10)4-5-7(11)12;1-8(2,3)9-6-4-5-7(10)11-6;1-2-6-3(4)5;/h4-5H,1-3H3,(H,9,10)(H,11,12);4-5H,1-3H3;2H2,1H3;1H4/b5-4-;;;. The van der Waals surface area contributed by atoms with Gasteiger partial charge in [0.2, 0.25) is 11.8 Å². The van der Waals surface area contributed by atoms with Crippen molar-refractivity contribution in [1.82, 2.24) is 5.32 Å². The Hall–Kier alpha value is -2.68. The molecule has 0 aromatic rings. The lowest BCUT2D eigenvalue weighted by Gasteiger charge is -2.18. The molecule has 1 aliphatic heterocycles. The number of halogens is 1. The van der Waals surface area contributed by atoms with Crippen LogP contribution in [0, 0.1) is 0 Å². The summed E-state index contributed by atoms with van der Waals surface area (Å²) in [5.74, 6) is -1.46. The van der Waals surface area contributed by atoms with Crippen LogP contribution in [0.3, 0.4) is 0 Å². The van der Waals surface area contributed by atoms with Crippen LogP contribution in [0.4, 0.5) is 4.79 Å². The van der Waals surface area contributed by atoms with Gasteiger partial charge < -0.3 is 19.9 Å². The van der Waals surface area contributed by atoms with Gasteiger partial charge in [0.1, 0.15) is 0 Å². The fraction of sp³-hybridized carbons (Fsp3) is 0.550. The fourth-order valence-electron chi connectivity index (χ4n) is 1.37. The van der Waals surface area contributed by atoms with Gasteiger partial charge in [-0.1, -0.05) is 7.43 Å². The molecule has 0 saturated carbocycles. The highest BCUT2D eigenvalue weighted by Gasteiger charge is 2.15. The number of carbonyl (C=O) groups is 4. The molecule has 1 amide bonds. The Labute approximate surface area is 183 Å². The summed E-state index contributed by atoms with van der Waals surface area (Å²) in [5, 5.41) is 10.8. The van der Waals surface area contributed by atoms with E-state index in [0.29, 0.717) is 12.5 Å². The molecule has 2 N–H and O–H groups in total. The van der Waals surface area contributed by atoms with E-state index in [1.165, 1.54) is 6.08 Å². The largest absolute Gasteiger partial charge is 0.478 e. The van der Waals surface area contributed by atoms with Gasteiger partial charge in [-0.25, -0.2) is 19.4 Å². The van der Waals surface area contributed by atoms with Crippen LogP contribution < -0.4 is 5.32 Å². The zero-order valence-corrected chi connectivity index (χ0v) is 18.5. The van der Waals surface area contributed by atoms with Gasteiger partial charge in [-0.15, -0.1) is 0 Å². The van der Waals surface area contributed by atoms with Crippen molar-refractivity contribution in [3.63, 3.8) is 0 Å². The lowest BCUT2D eigenvalue weighted by atomic mass is 10.1. The number of carboxylic acid groups (broad SMARTS) is 1. The predicted octanol–water partition coefficient (Wildman–Crippen LogP) is 3.86. The summed E-state index contributed by atoms with van der Waals surface area (Å²) < 4.78 is 8.91. The van der Waals surface area contributed by atoms with E-state index in [2.05, 4.69) is 15.0 Å². The zero-order valence-electron chi connectivity index (χ0n) is 17.7. The summed E-state index contributed by atoms with van der Waals surface area (Å²) in [6.07, 6.45) is 4.74. The van der Waals surface area contributed by atoms with E-state index in [1.54, 1.807) is 13.0 Å². The SMILES string of the molecule is C.CC(C)(C)N=C1C=CC(=O)O1.CC(C)(C)NC(=O)/C=C\C(=O)O.CCOC(=O)Cl. The maximum Gasteiger partial charge on any atom is 0.403 e. The lowest BCUT2D eigenvalue weighted by Crippen LogP contribution is -2.39. The van der Waals surface area contributed by atoms with Crippen molar-refractivity contribution in [3.8, 4) is 0 Å². The van der Waals surface area contributed by atoms with E-state index >= 15 is 0 Å². The Morgan fingerprint density at radius 3 is 1.97 bits per heavy atom. The molecule has 0 aromatic carbocycles. The van der Waals surface area contributed by atoms with Gasteiger partial charge in [0.05, 0.1) is 12.1 Å². The molecule has 0 aromatic heterocycles. The first kappa shape index (κ1) is 32.0. The zero-order chi connectivity index (χ0) is 23.3. The molecule has 1 heterocycles. The Bertz CT molecular complexity index is 670. The number of amides is 1. The maximum atomic E-state index is 10.9. The van der Waals surface area contributed by atoms with Gasteiger partial charge in [-0.05, 0) is 48.5 Å². The number of carbonyl (C=O) groups excluding carboxylic acids is 3. The first-order chi connectivity index (χ1) is 13.1. The van der Waals surface area contributed by atoms with Crippen LogP contribution in [0.2, 0.25) is 0 Å². The minimum Gasteiger partial charge on any atom is -0.478 e. The smallest absolute Gasteiger partial charge is 0.403 e. The van der Waals surface area contributed by atoms with Crippen LogP contribution in [0.15, 0.2) is 29.3 Å². The molecule has 30 heavy (non-hydrogen) atoms. The second-order valence-corrected chi connectivity index (χ2v) is 7.77. The topological polar surface area (TPSA) is 131 Å². The third-order valence-electron chi connectivity index (χ3n) is 2.15. The van der Waals surface area contributed by atoms with Crippen LogP contribution in [-0.4, -0.2) is 52.0 Å².